The summed E-state index contributed by atoms with van der Waals surface area (Å²) in [6, 6.07) is 31.8. The molecule has 3 aliphatic rings. The van der Waals surface area contributed by atoms with Crippen molar-refractivity contribution in [3.8, 4) is 0 Å². The van der Waals surface area contributed by atoms with Crippen LogP contribution in [-0.2, 0) is 32.8 Å². The Morgan fingerprint density at radius 3 is 1.88 bits per heavy atom. The number of aromatic amines is 2. The van der Waals surface area contributed by atoms with Crippen molar-refractivity contribution < 1.29 is 23.7 Å². The van der Waals surface area contributed by atoms with Gasteiger partial charge in [0.2, 0.25) is 0 Å². The predicted octanol–water partition coefficient (Wildman–Crippen LogP) is 5.79. The standard InChI is InChI=1S/C45H47BN6O5/c1-45(35-12-11-34-23-40(50-39(34)24-35)42(53)51-17-13-30(14-18-51)32-7-2-5-28(21-32)26-47)44(55)56-46(57-45)37-9-4-10-38-36(37)25-41(49-38)43(54)52-19-15-31(16-20-52)33-8-3-6-29(22-33)27-48/h2-12,21-25,30-31,49-50H,13-20,26-27,47-48H2,1H3/t45-/m1/s1. The largest absolute Gasteiger partial charge is 0.566 e. The number of nitrogens with zero attached hydrogens (tertiary/aromatic N) is 2. The SMILES string of the molecule is C[C@]1(c2ccc3cc(C(=O)N4CCC(c5cccc(CN)c5)CC4)[nH]c3c2)OB(c2cccc3[nH]c(C(=O)N4CCC(c5cccc(CN)c5)CC4)cc23)OC1=O. The van der Waals surface area contributed by atoms with E-state index in [0.717, 1.165) is 58.6 Å². The van der Waals surface area contributed by atoms with E-state index in [1.54, 1.807) is 6.92 Å². The van der Waals surface area contributed by atoms with E-state index in [1.807, 2.05) is 70.5 Å². The number of nitrogens with one attached hydrogen (secondary N) is 2. The fraction of sp³-hybridized carbons (Fsp3) is 0.311. The Hall–Kier alpha value is -5.69. The molecule has 290 valence electrons. The lowest BCUT2D eigenvalue weighted by Gasteiger charge is -2.32. The molecule has 57 heavy (non-hydrogen) atoms. The molecule has 2 aromatic heterocycles. The van der Waals surface area contributed by atoms with E-state index in [-0.39, 0.29) is 11.8 Å². The molecule has 0 spiro atoms. The first-order chi connectivity index (χ1) is 27.7. The Kier molecular flexibility index (Phi) is 9.72. The molecule has 1 atom stereocenters. The normalized spacial score (nSPS) is 19.5. The van der Waals surface area contributed by atoms with E-state index in [9.17, 15) is 14.4 Å². The maximum absolute atomic E-state index is 13.7. The van der Waals surface area contributed by atoms with Gasteiger partial charge in [-0.1, -0.05) is 72.8 Å². The van der Waals surface area contributed by atoms with Crippen molar-refractivity contribution in [3.63, 3.8) is 0 Å². The number of H-pyrrole nitrogens is 2. The van der Waals surface area contributed by atoms with Crippen molar-refractivity contribution >= 4 is 52.2 Å². The highest BCUT2D eigenvalue weighted by molar-refractivity contribution is 6.67. The quantitative estimate of drug-likeness (QED) is 0.143. The number of hydrogen-bond acceptors (Lipinski definition) is 7. The molecule has 5 heterocycles. The molecule has 4 aromatic carbocycles. The fourth-order valence-corrected chi connectivity index (χ4v) is 8.97. The van der Waals surface area contributed by atoms with Crippen LogP contribution in [-0.4, -0.2) is 70.8 Å². The molecule has 3 saturated heterocycles. The van der Waals surface area contributed by atoms with Crippen molar-refractivity contribution in [2.24, 2.45) is 11.5 Å². The molecule has 6 aromatic rings. The minimum atomic E-state index is -1.40. The lowest BCUT2D eigenvalue weighted by Crippen LogP contribution is -2.38. The molecule has 0 unspecified atom stereocenters. The van der Waals surface area contributed by atoms with Gasteiger partial charge in [0.05, 0.1) is 0 Å². The average molecular weight is 763 g/mol. The Morgan fingerprint density at radius 2 is 1.28 bits per heavy atom. The van der Waals surface area contributed by atoms with E-state index < -0.39 is 18.7 Å². The molecular weight excluding hydrogens is 715 g/mol. The van der Waals surface area contributed by atoms with E-state index in [0.29, 0.717) is 73.5 Å². The fourth-order valence-electron chi connectivity index (χ4n) is 8.97. The molecule has 12 heteroatoms. The van der Waals surface area contributed by atoms with Crippen LogP contribution in [0, 0.1) is 0 Å². The van der Waals surface area contributed by atoms with Gasteiger partial charge in [-0.15, -0.1) is 0 Å². The average Bonchev–Trinajstić information content (AvgIpc) is 3.98. The first-order valence-corrected chi connectivity index (χ1v) is 20.0. The summed E-state index contributed by atoms with van der Waals surface area (Å²) >= 11 is 0. The molecule has 2 amide bonds. The summed E-state index contributed by atoms with van der Waals surface area (Å²) in [6.07, 6.45) is 3.54. The van der Waals surface area contributed by atoms with E-state index in [4.69, 9.17) is 20.8 Å². The molecule has 6 N–H and O–H groups in total. The number of nitrogens with two attached hydrogens (primary N) is 2. The number of rotatable bonds is 8. The first kappa shape index (κ1) is 36.9. The smallest absolute Gasteiger partial charge is 0.503 e. The van der Waals surface area contributed by atoms with Crippen LogP contribution in [0.3, 0.4) is 0 Å². The van der Waals surface area contributed by atoms with Crippen LogP contribution in [0.4, 0.5) is 0 Å². The summed E-state index contributed by atoms with van der Waals surface area (Å²) < 4.78 is 12.4. The number of aromatic nitrogens is 2. The topological polar surface area (TPSA) is 160 Å². The number of fused-ring (bicyclic) bond motifs is 2. The minimum absolute atomic E-state index is 0.0414. The van der Waals surface area contributed by atoms with Crippen LogP contribution in [0.2, 0.25) is 0 Å². The predicted molar refractivity (Wildman–Crippen MR) is 221 cm³/mol. The number of carbonyl (C=O) groups excluding carboxylic acids is 3. The molecular formula is C45H47BN6O5. The zero-order valence-corrected chi connectivity index (χ0v) is 32.1. The van der Waals surface area contributed by atoms with Crippen LogP contribution < -0.4 is 16.9 Å². The molecule has 0 radical (unpaired) electrons. The molecule has 0 aliphatic carbocycles. The molecule has 9 rings (SSSR count). The molecule has 0 bridgehead atoms. The Labute approximate surface area is 331 Å². The Morgan fingerprint density at radius 1 is 0.719 bits per heavy atom. The zero-order valence-electron chi connectivity index (χ0n) is 32.1. The van der Waals surface area contributed by atoms with Crippen LogP contribution in [0.15, 0.2) is 97.1 Å². The van der Waals surface area contributed by atoms with Gasteiger partial charge in [0.25, 0.3) is 11.8 Å². The summed E-state index contributed by atoms with van der Waals surface area (Å²) in [6.45, 7) is 5.39. The molecule has 11 nitrogen and oxygen atoms in total. The monoisotopic (exact) mass is 762 g/mol. The van der Waals surface area contributed by atoms with Crippen LogP contribution in [0.5, 0.6) is 0 Å². The van der Waals surface area contributed by atoms with Gasteiger partial charge in [0.1, 0.15) is 11.4 Å². The third-order valence-electron chi connectivity index (χ3n) is 12.4. The third kappa shape index (κ3) is 6.92. The van der Waals surface area contributed by atoms with Gasteiger partial charge >= 0.3 is 13.1 Å². The lowest BCUT2D eigenvalue weighted by molar-refractivity contribution is -0.142. The van der Waals surface area contributed by atoms with Crippen LogP contribution in [0.25, 0.3) is 21.8 Å². The number of amides is 2. The lowest BCUT2D eigenvalue weighted by atomic mass is 9.77. The van der Waals surface area contributed by atoms with Crippen molar-refractivity contribution in [1.82, 2.24) is 19.8 Å². The van der Waals surface area contributed by atoms with Crippen LogP contribution in [0.1, 0.15) is 93.2 Å². The van der Waals surface area contributed by atoms with Crippen molar-refractivity contribution in [1.29, 1.82) is 0 Å². The van der Waals surface area contributed by atoms with E-state index in [1.165, 1.54) is 11.1 Å². The highest BCUT2D eigenvalue weighted by Gasteiger charge is 2.52. The summed E-state index contributed by atoms with van der Waals surface area (Å²) in [5.41, 5.74) is 18.9. The summed E-state index contributed by atoms with van der Waals surface area (Å²) in [4.78, 5) is 51.4. The maximum Gasteiger partial charge on any atom is 0.566 e. The number of benzene rings is 4. The number of hydrogen-bond donors (Lipinski definition) is 4. The van der Waals surface area contributed by atoms with Gasteiger partial charge in [0, 0.05) is 66.5 Å². The van der Waals surface area contributed by atoms with Gasteiger partial charge in [-0.3, -0.25) is 14.4 Å². The third-order valence-corrected chi connectivity index (χ3v) is 12.4. The van der Waals surface area contributed by atoms with Gasteiger partial charge < -0.3 is 40.5 Å². The number of piperidine rings is 2. The Bertz CT molecular complexity index is 2500. The van der Waals surface area contributed by atoms with Crippen molar-refractivity contribution in [2.45, 2.75) is 63.1 Å². The minimum Gasteiger partial charge on any atom is -0.503 e. The number of carbonyl (C=O) groups is 3. The highest BCUT2D eigenvalue weighted by atomic mass is 16.7. The second kappa shape index (κ2) is 15.0. The van der Waals surface area contributed by atoms with Gasteiger partial charge in [-0.05, 0) is 96.5 Å². The number of likely N-dealkylation sites (tertiary alicyclic amines) is 2. The van der Waals surface area contributed by atoms with Gasteiger partial charge in [-0.25, -0.2) is 0 Å². The summed E-state index contributed by atoms with van der Waals surface area (Å²) in [5.74, 6) is 0.171. The molecule has 3 aliphatic heterocycles. The highest BCUT2D eigenvalue weighted by Crippen LogP contribution is 2.36. The zero-order chi connectivity index (χ0) is 39.3. The first-order valence-electron chi connectivity index (χ1n) is 20.0. The van der Waals surface area contributed by atoms with E-state index >= 15 is 0 Å². The molecule has 0 saturated carbocycles. The van der Waals surface area contributed by atoms with Gasteiger partial charge in [-0.2, -0.15) is 0 Å². The van der Waals surface area contributed by atoms with Gasteiger partial charge in [0.15, 0.2) is 5.60 Å². The maximum atomic E-state index is 13.7. The summed E-state index contributed by atoms with van der Waals surface area (Å²) in [5, 5.41) is 1.62. The van der Waals surface area contributed by atoms with E-state index in [2.05, 4.69) is 46.4 Å². The van der Waals surface area contributed by atoms with Crippen LogP contribution >= 0.6 is 0 Å². The second-order valence-corrected chi connectivity index (χ2v) is 15.9. The summed E-state index contributed by atoms with van der Waals surface area (Å²) in [7, 11) is -0.984. The van der Waals surface area contributed by atoms with Crippen molar-refractivity contribution in [2.75, 3.05) is 26.2 Å². The second-order valence-electron chi connectivity index (χ2n) is 15.9. The molecule has 3 fully saturated rings. The Balaban J connectivity index is 0.876. The van der Waals surface area contributed by atoms with Crippen molar-refractivity contribution in [3.05, 3.63) is 136 Å².